The topological polar surface area (TPSA) is 160 Å². The third kappa shape index (κ3) is 13.0. The van der Waals surface area contributed by atoms with E-state index in [0.29, 0.717) is 11.3 Å². The molecule has 0 atom stereocenters. The van der Waals surface area contributed by atoms with E-state index >= 15 is 0 Å². The molecule has 0 fully saturated rings. The quantitative estimate of drug-likeness (QED) is 0.0881. The molecule has 1 amide bonds. The molecule has 3 aromatic rings. The van der Waals surface area contributed by atoms with Crippen molar-refractivity contribution in [1.82, 2.24) is 5.32 Å². The zero-order valence-electron chi connectivity index (χ0n) is 34.3. The van der Waals surface area contributed by atoms with Gasteiger partial charge in [0.05, 0.1) is 6.42 Å². The minimum atomic E-state index is -1.24. The number of fused-ring (bicyclic) bond motifs is 3. The number of amides is 1. The maximum Gasteiger partial charge on any atom is 0.310 e. The zero-order chi connectivity index (χ0) is 41.5. The van der Waals surface area contributed by atoms with Gasteiger partial charge in [0, 0.05) is 42.0 Å². The van der Waals surface area contributed by atoms with Gasteiger partial charge in [-0.2, -0.15) is 0 Å². The molecule has 1 aliphatic rings. The van der Waals surface area contributed by atoms with Crippen LogP contribution in [0.2, 0.25) is 0 Å². The molecule has 56 heavy (non-hydrogen) atoms. The fourth-order valence-corrected chi connectivity index (χ4v) is 6.80. The largest absolute Gasteiger partial charge is 0.464 e. The number of nitrogen functional groups attached to an aromatic ring is 1. The molecule has 11 nitrogen and oxygen atoms in total. The lowest BCUT2D eigenvalue weighted by Crippen LogP contribution is -2.50. The first-order chi connectivity index (χ1) is 26.0. The number of nitrogens with one attached hydrogen (secondary N) is 1. The Balaban J connectivity index is 1.56. The van der Waals surface area contributed by atoms with Gasteiger partial charge in [0.1, 0.15) is 23.4 Å². The summed E-state index contributed by atoms with van der Waals surface area (Å²) in [6, 6.07) is 20.7. The van der Waals surface area contributed by atoms with Crippen molar-refractivity contribution < 1.29 is 42.9 Å². The molecule has 0 bridgehead atoms. The number of carbonyl (C=O) groups excluding carboxylic acids is 5. The molecule has 0 unspecified atom stereocenters. The molecule has 0 radical (unpaired) electrons. The molecule has 0 spiro atoms. The number of benzene rings is 3. The van der Waals surface area contributed by atoms with Gasteiger partial charge in [0.15, 0.2) is 0 Å². The summed E-state index contributed by atoms with van der Waals surface area (Å²) < 4.78 is 22.5. The standard InChI is InChI=1S/C45H58N2O9/c1-42(2,3)54-37(48)20-23-45(24-21-38(49)55-43(4,5)6,25-22-39(50)56-44(7,8)9)47-41(52)29-18-19-36(46)30(26-29)27-40(51)53-28-35-33-16-12-10-14-31(33)32-15-11-13-17-34(32)35/h10-19,26,35H,20-25,27-28,46H2,1-9H3,(H,47,52). The number of rotatable bonds is 15. The lowest BCUT2D eigenvalue weighted by Gasteiger charge is -2.36. The molecule has 0 saturated carbocycles. The van der Waals surface area contributed by atoms with Crippen molar-refractivity contribution in [2.24, 2.45) is 0 Å². The van der Waals surface area contributed by atoms with Crippen molar-refractivity contribution in [3.05, 3.63) is 89.0 Å². The Morgan fingerprint density at radius 3 is 1.46 bits per heavy atom. The molecule has 0 aromatic heterocycles. The van der Waals surface area contributed by atoms with Crippen LogP contribution in [-0.2, 0) is 44.5 Å². The second-order valence-corrected chi connectivity index (χ2v) is 17.5. The van der Waals surface area contributed by atoms with E-state index in [1.54, 1.807) is 68.4 Å². The lowest BCUT2D eigenvalue weighted by atomic mass is 9.83. The Morgan fingerprint density at radius 1 is 0.607 bits per heavy atom. The van der Waals surface area contributed by atoms with Crippen molar-refractivity contribution in [3.63, 3.8) is 0 Å². The molecule has 1 aliphatic carbocycles. The van der Waals surface area contributed by atoms with E-state index in [4.69, 9.17) is 24.7 Å². The van der Waals surface area contributed by atoms with E-state index in [-0.39, 0.29) is 63.0 Å². The van der Waals surface area contributed by atoms with E-state index in [2.05, 4.69) is 17.4 Å². The second-order valence-electron chi connectivity index (χ2n) is 17.5. The van der Waals surface area contributed by atoms with Crippen LogP contribution in [0.1, 0.15) is 134 Å². The third-order valence-electron chi connectivity index (χ3n) is 9.18. The van der Waals surface area contributed by atoms with Crippen LogP contribution in [0.3, 0.4) is 0 Å². The van der Waals surface area contributed by atoms with Crippen LogP contribution in [-0.4, -0.2) is 58.7 Å². The molecule has 0 aliphatic heterocycles. The van der Waals surface area contributed by atoms with Crippen LogP contribution in [0, 0.1) is 0 Å². The van der Waals surface area contributed by atoms with Gasteiger partial charge in [-0.3, -0.25) is 24.0 Å². The van der Waals surface area contributed by atoms with Gasteiger partial charge in [-0.05, 0) is 128 Å². The molecule has 0 heterocycles. The number of nitrogens with two attached hydrogens (primary N) is 1. The van der Waals surface area contributed by atoms with E-state index in [1.807, 2.05) is 36.4 Å². The highest BCUT2D eigenvalue weighted by molar-refractivity contribution is 5.96. The summed E-state index contributed by atoms with van der Waals surface area (Å²) >= 11 is 0. The van der Waals surface area contributed by atoms with Crippen molar-refractivity contribution in [1.29, 1.82) is 0 Å². The Kier molecular flexibility index (Phi) is 13.8. The van der Waals surface area contributed by atoms with Gasteiger partial charge >= 0.3 is 23.9 Å². The first-order valence-corrected chi connectivity index (χ1v) is 19.2. The van der Waals surface area contributed by atoms with Gasteiger partial charge in [-0.25, -0.2) is 0 Å². The number of hydrogen-bond acceptors (Lipinski definition) is 10. The minimum absolute atomic E-state index is 0.0564. The third-order valence-corrected chi connectivity index (χ3v) is 9.18. The van der Waals surface area contributed by atoms with Crippen LogP contribution in [0.4, 0.5) is 5.69 Å². The monoisotopic (exact) mass is 770 g/mol. The summed E-state index contributed by atoms with van der Waals surface area (Å²) in [6.07, 6.45) is -0.314. The van der Waals surface area contributed by atoms with Crippen LogP contribution >= 0.6 is 0 Å². The van der Waals surface area contributed by atoms with Crippen LogP contribution < -0.4 is 11.1 Å². The number of anilines is 1. The molecule has 4 rings (SSSR count). The highest BCUT2D eigenvalue weighted by Gasteiger charge is 2.36. The van der Waals surface area contributed by atoms with Crippen LogP contribution in [0.5, 0.6) is 0 Å². The van der Waals surface area contributed by atoms with Gasteiger partial charge in [-0.1, -0.05) is 48.5 Å². The van der Waals surface area contributed by atoms with E-state index < -0.39 is 52.1 Å². The average molecular weight is 771 g/mol. The fraction of sp³-hybridized carbons (Fsp3) is 0.489. The molecule has 302 valence electrons. The predicted molar refractivity (Wildman–Crippen MR) is 215 cm³/mol. The SMILES string of the molecule is CC(C)(C)OC(=O)CCC(CCC(=O)OC(C)(C)C)(CCC(=O)OC(C)(C)C)NC(=O)c1ccc(N)c(CC(=O)OCC2c3ccccc3-c3ccccc32)c1. The molecule has 0 saturated heterocycles. The molecule has 11 heteroatoms. The minimum Gasteiger partial charge on any atom is -0.464 e. The van der Waals surface area contributed by atoms with Gasteiger partial charge in [0.25, 0.3) is 5.91 Å². The Hall–Kier alpha value is -5.19. The summed E-state index contributed by atoms with van der Waals surface area (Å²) in [5.74, 6) is -2.65. The average Bonchev–Trinajstić information content (AvgIpc) is 3.40. The fourth-order valence-electron chi connectivity index (χ4n) is 6.80. The highest BCUT2D eigenvalue weighted by atomic mass is 16.6. The summed E-state index contributed by atoms with van der Waals surface area (Å²) in [5, 5.41) is 3.06. The van der Waals surface area contributed by atoms with Crippen molar-refractivity contribution in [2.75, 3.05) is 12.3 Å². The van der Waals surface area contributed by atoms with Gasteiger partial charge in [-0.15, -0.1) is 0 Å². The lowest BCUT2D eigenvalue weighted by molar-refractivity contribution is -0.155. The molecular weight excluding hydrogens is 712 g/mol. The maximum atomic E-state index is 14.1. The maximum absolute atomic E-state index is 14.1. The van der Waals surface area contributed by atoms with E-state index in [0.717, 1.165) is 22.3 Å². The normalized spacial score (nSPS) is 12.9. The number of ether oxygens (including phenoxy) is 4. The first-order valence-electron chi connectivity index (χ1n) is 19.2. The predicted octanol–water partition coefficient (Wildman–Crippen LogP) is 8.00. The first kappa shape index (κ1) is 43.5. The second kappa shape index (κ2) is 17.7. The molecular formula is C45H58N2O9. The van der Waals surface area contributed by atoms with Crippen LogP contribution in [0.25, 0.3) is 11.1 Å². The summed E-state index contributed by atoms with van der Waals surface area (Å²) in [6.45, 7) is 15.9. The summed E-state index contributed by atoms with van der Waals surface area (Å²) in [4.78, 5) is 66.4. The van der Waals surface area contributed by atoms with E-state index in [1.165, 1.54) is 12.1 Å². The molecule has 3 N–H and O–H groups in total. The Bertz CT molecular complexity index is 1790. The zero-order valence-corrected chi connectivity index (χ0v) is 34.3. The van der Waals surface area contributed by atoms with E-state index in [9.17, 15) is 24.0 Å². The highest BCUT2D eigenvalue weighted by Crippen LogP contribution is 2.44. The number of carbonyl (C=O) groups is 5. The molecule has 3 aromatic carbocycles. The van der Waals surface area contributed by atoms with Gasteiger partial charge < -0.3 is 30.0 Å². The number of hydrogen-bond donors (Lipinski definition) is 2. The van der Waals surface area contributed by atoms with Crippen LogP contribution in [0.15, 0.2) is 66.7 Å². The van der Waals surface area contributed by atoms with Crippen molar-refractivity contribution in [3.8, 4) is 11.1 Å². The van der Waals surface area contributed by atoms with Gasteiger partial charge in [0.2, 0.25) is 0 Å². The Morgan fingerprint density at radius 2 is 1.04 bits per heavy atom. The summed E-state index contributed by atoms with van der Waals surface area (Å²) in [5.41, 5.74) is 8.14. The van der Waals surface area contributed by atoms with Crippen molar-refractivity contribution in [2.45, 2.75) is 136 Å². The smallest absolute Gasteiger partial charge is 0.310 e. The summed E-state index contributed by atoms with van der Waals surface area (Å²) in [7, 11) is 0. The Labute approximate surface area is 331 Å². The number of esters is 4. The van der Waals surface area contributed by atoms with Crippen molar-refractivity contribution >= 4 is 35.5 Å².